The molecule has 110 valence electrons. The van der Waals surface area contributed by atoms with E-state index in [9.17, 15) is 18.0 Å². The van der Waals surface area contributed by atoms with Crippen molar-refractivity contribution >= 4 is 5.91 Å². The molecule has 1 N–H and O–H groups in total. The Hall–Kier alpha value is -2.37. The molecule has 6 heteroatoms. The molecule has 0 bridgehead atoms. The molecule has 2 aromatic rings. The number of pyridine rings is 1. The topological polar surface area (TPSA) is 42.0 Å². The normalized spacial score (nSPS) is 11.2. The summed E-state index contributed by atoms with van der Waals surface area (Å²) in [5.74, 6) is -0.460. The number of nitrogens with one attached hydrogen (secondary N) is 1. The summed E-state index contributed by atoms with van der Waals surface area (Å²) >= 11 is 0. The fraction of sp³-hybridized carbons (Fsp3) is 0.200. The number of aromatic nitrogens is 1. The Morgan fingerprint density at radius 2 is 2.00 bits per heavy atom. The number of benzene rings is 1. The first-order chi connectivity index (χ1) is 9.86. The number of carbonyl (C=O) groups excluding carboxylic acids is 1. The van der Waals surface area contributed by atoms with Gasteiger partial charge in [0, 0.05) is 12.7 Å². The van der Waals surface area contributed by atoms with Gasteiger partial charge in [0.2, 0.25) is 0 Å². The molecule has 0 spiro atoms. The molecule has 21 heavy (non-hydrogen) atoms. The summed E-state index contributed by atoms with van der Waals surface area (Å²) in [5.41, 5.74) is 1.06. The molecular formula is C15H13F3N2O. The quantitative estimate of drug-likeness (QED) is 0.943. The summed E-state index contributed by atoms with van der Waals surface area (Å²) in [5, 5.41) is 2.64. The van der Waals surface area contributed by atoms with Crippen LogP contribution in [0.5, 0.6) is 0 Å². The average Bonchev–Trinajstić information content (AvgIpc) is 2.44. The molecule has 0 radical (unpaired) electrons. The maximum atomic E-state index is 12.4. The molecule has 0 aliphatic carbocycles. The Balaban J connectivity index is 2.00. The molecule has 0 aliphatic rings. The van der Waals surface area contributed by atoms with Gasteiger partial charge in [-0.15, -0.1) is 0 Å². The van der Waals surface area contributed by atoms with Crippen molar-refractivity contribution in [3.05, 3.63) is 65.0 Å². The van der Waals surface area contributed by atoms with Gasteiger partial charge < -0.3 is 5.32 Å². The van der Waals surface area contributed by atoms with Crippen LogP contribution < -0.4 is 5.32 Å². The number of hydrogen-bond donors (Lipinski definition) is 1. The third kappa shape index (κ3) is 4.05. The van der Waals surface area contributed by atoms with Crippen LogP contribution in [0.2, 0.25) is 0 Å². The van der Waals surface area contributed by atoms with Gasteiger partial charge in [-0.3, -0.25) is 9.78 Å². The fourth-order valence-electron chi connectivity index (χ4n) is 1.80. The van der Waals surface area contributed by atoms with Crippen LogP contribution in [0, 0.1) is 6.92 Å². The molecule has 0 atom stereocenters. The van der Waals surface area contributed by atoms with Gasteiger partial charge in [0.1, 0.15) is 5.69 Å². The minimum absolute atomic E-state index is 0.0932. The molecule has 1 aromatic carbocycles. The lowest BCUT2D eigenvalue weighted by molar-refractivity contribution is -0.141. The van der Waals surface area contributed by atoms with E-state index in [1.165, 1.54) is 0 Å². The smallest absolute Gasteiger partial charge is 0.348 e. The van der Waals surface area contributed by atoms with Crippen molar-refractivity contribution in [1.29, 1.82) is 0 Å². The predicted octanol–water partition coefficient (Wildman–Crippen LogP) is 3.34. The molecule has 1 heterocycles. The largest absolute Gasteiger partial charge is 0.433 e. The Kier molecular flexibility index (Phi) is 4.26. The number of rotatable bonds is 3. The zero-order valence-electron chi connectivity index (χ0n) is 11.2. The summed E-state index contributed by atoms with van der Waals surface area (Å²) in [6, 6.07) is 9.49. The first kappa shape index (κ1) is 15.0. The molecule has 1 aromatic heterocycles. The number of halogens is 3. The average molecular weight is 294 g/mol. The first-order valence-electron chi connectivity index (χ1n) is 6.23. The lowest BCUT2D eigenvalue weighted by atomic mass is 10.1. The van der Waals surface area contributed by atoms with Crippen LogP contribution in [0.1, 0.15) is 27.2 Å². The van der Waals surface area contributed by atoms with E-state index >= 15 is 0 Å². The Morgan fingerprint density at radius 3 is 2.57 bits per heavy atom. The number of aryl methyl sites for hydroxylation is 1. The van der Waals surface area contributed by atoms with Crippen LogP contribution in [-0.2, 0) is 12.7 Å². The minimum atomic E-state index is -4.50. The Morgan fingerprint density at radius 1 is 1.24 bits per heavy atom. The summed E-state index contributed by atoms with van der Waals surface area (Å²) in [7, 11) is 0. The van der Waals surface area contributed by atoms with E-state index < -0.39 is 17.8 Å². The van der Waals surface area contributed by atoms with Crippen molar-refractivity contribution in [2.45, 2.75) is 19.6 Å². The van der Waals surface area contributed by atoms with E-state index in [-0.39, 0.29) is 5.56 Å². The zero-order chi connectivity index (χ0) is 15.5. The third-order valence-corrected chi connectivity index (χ3v) is 2.85. The number of nitrogens with zero attached hydrogens (tertiary/aromatic N) is 1. The van der Waals surface area contributed by atoms with Gasteiger partial charge in [-0.25, -0.2) is 0 Å². The lowest BCUT2D eigenvalue weighted by Gasteiger charge is -2.08. The summed E-state index contributed by atoms with van der Waals surface area (Å²) in [4.78, 5) is 15.1. The van der Waals surface area contributed by atoms with Crippen molar-refractivity contribution in [3.63, 3.8) is 0 Å². The van der Waals surface area contributed by atoms with Crippen LogP contribution in [0.3, 0.4) is 0 Å². The van der Waals surface area contributed by atoms with Gasteiger partial charge >= 0.3 is 6.18 Å². The molecule has 0 saturated carbocycles. The number of alkyl halides is 3. The van der Waals surface area contributed by atoms with Crippen molar-refractivity contribution in [2.24, 2.45) is 0 Å². The van der Waals surface area contributed by atoms with Gasteiger partial charge in [-0.05, 0) is 24.6 Å². The summed E-state index contributed by atoms with van der Waals surface area (Å²) in [6.07, 6.45) is -3.58. The maximum absolute atomic E-state index is 12.4. The third-order valence-electron chi connectivity index (χ3n) is 2.85. The van der Waals surface area contributed by atoms with E-state index in [0.29, 0.717) is 6.54 Å². The molecule has 0 saturated heterocycles. The van der Waals surface area contributed by atoms with Crippen molar-refractivity contribution in [1.82, 2.24) is 10.3 Å². The van der Waals surface area contributed by atoms with Crippen LogP contribution in [-0.4, -0.2) is 10.9 Å². The van der Waals surface area contributed by atoms with Crippen LogP contribution in [0.25, 0.3) is 0 Å². The van der Waals surface area contributed by atoms with Gasteiger partial charge in [0.25, 0.3) is 5.91 Å². The standard InChI is InChI=1S/C15H13F3N2O/c1-10-3-2-4-11(7-10)8-20-14(21)12-5-6-13(19-9-12)15(16,17)18/h2-7,9H,8H2,1H3,(H,20,21). The number of carbonyl (C=O) groups is 1. The first-order valence-corrected chi connectivity index (χ1v) is 6.23. The van der Waals surface area contributed by atoms with Gasteiger partial charge in [0.05, 0.1) is 5.56 Å². The van der Waals surface area contributed by atoms with Gasteiger partial charge in [-0.1, -0.05) is 29.8 Å². The van der Waals surface area contributed by atoms with Crippen molar-refractivity contribution < 1.29 is 18.0 Å². The Bertz CT molecular complexity index is 636. The second-order valence-electron chi connectivity index (χ2n) is 4.60. The molecule has 1 amide bonds. The summed E-state index contributed by atoms with van der Waals surface area (Å²) < 4.78 is 37.1. The van der Waals surface area contributed by atoms with E-state index in [4.69, 9.17) is 0 Å². The Labute approximate surface area is 119 Å². The highest BCUT2D eigenvalue weighted by Crippen LogP contribution is 2.27. The molecule has 0 unspecified atom stereocenters. The molecule has 0 fully saturated rings. The van der Waals surface area contributed by atoms with E-state index in [1.54, 1.807) is 0 Å². The molecule has 3 nitrogen and oxygen atoms in total. The molecule has 0 aliphatic heterocycles. The van der Waals surface area contributed by atoms with Gasteiger partial charge in [-0.2, -0.15) is 13.2 Å². The second kappa shape index (κ2) is 5.95. The van der Waals surface area contributed by atoms with E-state index in [1.807, 2.05) is 31.2 Å². The van der Waals surface area contributed by atoms with Crippen molar-refractivity contribution in [2.75, 3.05) is 0 Å². The van der Waals surface area contributed by atoms with E-state index in [2.05, 4.69) is 10.3 Å². The second-order valence-corrected chi connectivity index (χ2v) is 4.60. The highest BCUT2D eigenvalue weighted by atomic mass is 19.4. The predicted molar refractivity (Wildman–Crippen MR) is 71.6 cm³/mol. The van der Waals surface area contributed by atoms with Crippen molar-refractivity contribution in [3.8, 4) is 0 Å². The zero-order valence-corrected chi connectivity index (χ0v) is 11.2. The highest BCUT2D eigenvalue weighted by Gasteiger charge is 2.32. The highest BCUT2D eigenvalue weighted by molar-refractivity contribution is 5.93. The minimum Gasteiger partial charge on any atom is -0.348 e. The maximum Gasteiger partial charge on any atom is 0.433 e. The molecule has 2 rings (SSSR count). The number of hydrogen-bond acceptors (Lipinski definition) is 2. The van der Waals surface area contributed by atoms with Crippen LogP contribution >= 0.6 is 0 Å². The monoisotopic (exact) mass is 294 g/mol. The van der Waals surface area contributed by atoms with Crippen LogP contribution in [0.4, 0.5) is 13.2 Å². The molecular weight excluding hydrogens is 281 g/mol. The fourth-order valence-corrected chi connectivity index (χ4v) is 1.80. The summed E-state index contributed by atoms with van der Waals surface area (Å²) in [6.45, 7) is 2.24. The lowest BCUT2D eigenvalue weighted by Crippen LogP contribution is -2.23. The van der Waals surface area contributed by atoms with E-state index in [0.717, 1.165) is 29.5 Å². The SMILES string of the molecule is Cc1cccc(CNC(=O)c2ccc(C(F)(F)F)nc2)c1. The van der Waals surface area contributed by atoms with Crippen LogP contribution in [0.15, 0.2) is 42.6 Å². The van der Waals surface area contributed by atoms with Gasteiger partial charge in [0.15, 0.2) is 0 Å². The number of amides is 1.